The minimum absolute atomic E-state index is 0.0640. The van der Waals surface area contributed by atoms with Gasteiger partial charge in [-0.15, -0.1) is 0 Å². The number of anilines is 1. The van der Waals surface area contributed by atoms with Crippen molar-refractivity contribution in [3.8, 4) is 5.75 Å². The summed E-state index contributed by atoms with van der Waals surface area (Å²) in [6.45, 7) is 1.85. The molecule has 0 radical (unpaired) electrons. The predicted octanol–water partition coefficient (Wildman–Crippen LogP) is 3.07. The molecule has 2 aliphatic rings. The van der Waals surface area contributed by atoms with Crippen LogP contribution in [-0.4, -0.2) is 25.0 Å². The van der Waals surface area contributed by atoms with Crippen LogP contribution in [0.3, 0.4) is 0 Å². The number of rotatable bonds is 4. The smallest absolute Gasteiger partial charge is 0.227 e. The van der Waals surface area contributed by atoms with E-state index in [9.17, 15) is 9.59 Å². The fourth-order valence-corrected chi connectivity index (χ4v) is 3.76. The van der Waals surface area contributed by atoms with Crippen molar-refractivity contribution in [2.75, 3.05) is 18.1 Å². The molecule has 1 atom stereocenters. The molecule has 2 aliphatic heterocycles. The van der Waals surface area contributed by atoms with Crippen LogP contribution >= 0.6 is 0 Å². The average molecular weight is 364 g/mol. The van der Waals surface area contributed by atoms with Gasteiger partial charge in [0.2, 0.25) is 11.8 Å². The summed E-state index contributed by atoms with van der Waals surface area (Å²) < 4.78 is 5.75. The standard InChI is InChI=1S/C22H24N2O3/c25-21-6-3-12-24(21)19-9-7-16(8-10-19)15-23-22(26)18-11-13-27-20-5-2-1-4-17(20)14-18/h1-2,4-5,7-10,18H,3,6,11-15H2,(H,23,26)/t18-/m0/s1. The number of fused-ring (bicyclic) bond motifs is 1. The van der Waals surface area contributed by atoms with Crippen LogP contribution in [0.1, 0.15) is 30.4 Å². The topological polar surface area (TPSA) is 58.6 Å². The lowest BCUT2D eigenvalue weighted by atomic mass is 9.96. The van der Waals surface area contributed by atoms with Crippen molar-refractivity contribution in [3.05, 3.63) is 59.7 Å². The van der Waals surface area contributed by atoms with Gasteiger partial charge in [-0.1, -0.05) is 30.3 Å². The molecule has 5 heteroatoms. The zero-order chi connectivity index (χ0) is 18.6. The summed E-state index contributed by atoms with van der Waals surface area (Å²) >= 11 is 0. The Hall–Kier alpha value is -2.82. The molecule has 2 aromatic rings. The predicted molar refractivity (Wildman–Crippen MR) is 104 cm³/mol. The molecule has 5 nitrogen and oxygen atoms in total. The minimum Gasteiger partial charge on any atom is -0.493 e. The van der Waals surface area contributed by atoms with Crippen LogP contribution in [0.25, 0.3) is 0 Å². The van der Waals surface area contributed by atoms with Gasteiger partial charge in [-0.3, -0.25) is 9.59 Å². The van der Waals surface area contributed by atoms with Gasteiger partial charge in [0.05, 0.1) is 6.61 Å². The molecular formula is C22H24N2O3. The van der Waals surface area contributed by atoms with Crippen molar-refractivity contribution in [1.82, 2.24) is 5.32 Å². The van der Waals surface area contributed by atoms with Crippen LogP contribution in [0.4, 0.5) is 5.69 Å². The van der Waals surface area contributed by atoms with Gasteiger partial charge in [0, 0.05) is 31.1 Å². The zero-order valence-electron chi connectivity index (χ0n) is 15.3. The molecule has 1 fully saturated rings. The van der Waals surface area contributed by atoms with Crippen LogP contribution in [0.5, 0.6) is 5.75 Å². The SMILES string of the molecule is O=C(NCc1ccc(N2CCCC2=O)cc1)[C@H]1CCOc2ccccc2C1. The number of amides is 2. The van der Waals surface area contributed by atoms with Crippen LogP contribution in [-0.2, 0) is 22.6 Å². The maximum absolute atomic E-state index is 12.6. The van der Waals surface area contributed by atoms with Gasteiger partial charge in [-0.05, 0) is 48.6 Å². The van der Waals surface area contributed by atoms with Crippen molar-refractivity contribution in [3.63, 3.8) is 0 Å². The van der Waals surface area contributed by atoms with E-state index in [0.717, 1.165) is 42.0 Å². The normalized spacial score (nSPS) is 19.2. The molecule has 1 saturated heterocycles. The summed E-state index contributed by atoms with van der Waals surface area (Å²) in [6.07, 6.45) is 2.98. The summed E-state index contributed by atoms with van der Waals surface area (Å²) in [5.41, 5.74) is 3.06. The fourth-order valence-electron chi connectivity index (χ4n) is 3.76. The second-order valence-corrected chi connectivity index (χ2v) is 7.18. The highest BCUT2D eigenvalue weighted by atomic mass is 16.5. The van der Waals surface area contributed by atoms with Crippen LogP contribution in [0.2, 0.25) is 0 Å². The maximum atomic E-state index is 12.6. The number of hydrogen-bond donors (Lipinski definition) is 1. The summed E-state index contributed by atoms with van der Waals surface area (Å²) in [6, 6.07) is 15.8. The van der Waals surface area contributed by atoms with Crippen LogP contribution in [0.15, 0.2) is 48.5 Å². The van der Waals surface area contributed by atoms with Crippen molar-refractivity contribution in [2.24, 2.45) is 5.92 Å². The Labute approximate surface area is 159 Å². The molecule has 4 rings (SSSR count). The summed E-state index contributed by atoms with van der Waals surface area (Å²) in [4.78, 5) is 26.3. The Bertz CT molecular complexity index is 832. The molecule has 2 heterocycles. The van der Waals surface area contributed by atoms with Crippen molar-refractivity contribution < 1.29 is 14.3 Å². The fraction of sp³-hybridized carbons (Fsp3) is 0.364. The lowest BCUT2D eigenvalue weighted by Gasteiger charge is -2.17. The summed E-state index contributed by atoms with van der Waals surface area (Å²) in [5, 5.41) is 3.05. The quantitative estimate of drug-likeness (QED) is 0.907. The lowest BCUT2D eigenvalue weighted by molar-refractivity contribution is -0.125. The molecule has 0 aliphatic carbocycles. The van der Waals surface area contributed by atoms with E-state index in [-0.39, 0.29) is 17.7 Å². The number of nitrogens with zero attached hydrogens (tertiary/aromatic N) is 1. The van der Waals surface area contributed by atoms with Crippen molar-refractivity contribution in [2.45, 2.75) is 32.2 Å². The molecule has 0 bridgehead atoms. The van der Waals surface area contributed by atoms with Gasteiger partial charge in [0.15, 0.2) is 0 Å². The monoisotopic (exact) mass is 364 g/mol. The lowest BCUT2D eigenvalue weighted by Crippen LogP contribution is -2.31. The van der Waals surface area contributed by atoms with Crippen molar-refractivity contribution >= 4 is 17.5 Å². The molecule has 27 heavy (non-hydrogen) atoms. The Morgan fingerprint density at radius 1 is 1.15 bits per heavy atom. The third kappa shape index (κ3) is 3.97. The number of carbonyl (C=O) groups excluding carboxylic acids is 2. The third-order valence-electron chi connectivity index (χ3n) is 5.32. The Kier molecular flexibility index (Phi) is 5.10. The first-order valence-electron chi connectivity index (χ1n) is 9.58. The van der Waals surface area contributed by atoms with Gasteiger partial charge in [-0.2, -0.15) is 0 Å². The number of para-hydroxylation sites is 1. The van der Waals surface area contributed by atoms with Gasteiger partial charge < -0.3 is 15.0 Å². The highest BCUT2D eigenvalue weighted by molar-refractivity contribution is 5.95. The van der Waals surface area contributed by atoms with Crippen LogP contribution < -0.4 is 15.0 Å². The van der Waals surface area contributed by atoms with Gasteiger partial charge in [0.25, 0.3) is 0 Å². The number of ether oxygens (including phenoxy) is 1. The van der Waals surface area contributed by atoms with Gasteiger partial charge in [-0.25, -0.2) is 0 Å². The molecular weight excluding hydrogens is 340 g/mol. The molecule has 140 valence electrons. The molecule has 1 N–H and O–H groups in total. The van der Waals surface area contributed by atoms with E-state index in [1.807, 2.05) is 53.4 Å². The van der Waals surface area contributed by atoms with E-state index < -0.39 is 0 Å². The highest BCUT2D eigenvalue weighted by Gasteiger charge is 2.24. The highest BCUT2D eigenvalue weighted by Crippen LogP contribution is 2.27. The second kappa shape index (κ2) is 7.82. The molecule has 0 unspecified atom stereocenters. The van der Waals surface area contributed by atoms with Gasteiger partial charge >= 0.3 is 0 Å². The minimum atomic E-state index is -0.0739. The van der Waals surface area contributed by atoms with E-state index in [0.29, 0.717) is 26.0 Å². The first kappa shape index (κ1) is 17.6. The Morgan fingerprint density at radius 3 is 2.74 bits per heavy atom. The van der Waals surface area contributed by atoms with E-state index >= 15 is 0 Å². The number of hydrogen-bond acceptors (Lipinski definition) is 3. The second-order valence-electron chi connectivity index (χ2n) is 7.18. The summed E-state index contributed by atoms with van der Waals surface area (Å²) in [7, 11) is 0. The van der Waals surface area contributed by atoms with Crippen LogP contribution in [0, 0.1) is 5.92 Å². The first-order chi connectivity index (χ1) is 13.2. The molecule has 0 spiro atoms. The number of carbonyl (C=O) groups is 2. The molecule has 0 saturated carbocycles. The molecule has 2 aromatic carbocycles. The molecule has 2 amide bonds. The van der Waals surface area contributed by atoms with E-state index in [4.69, 9.17) is 4.74 Å². The first-order valence-corrected chi connectivity index (χ1v) is 9.58. The molecule has 0 aromatic heterocycles. The number of benzene rings is 2. The summed E-state index contributed by atoms with van der Waals surface area (Å²) in [5.74, 6) is 1.07. The van der Waals surface area contributed by atoms with Gasteiger partial charge in [0.1, 0.15) is 5.75 Å². The van der Waals surface area contributed by atoms with E-state index in [1.54, 1.807) is 0 Å². The van der Waals surface area contributed by atoms with Crippen molar-refractivity contribution in [1.29, 1.82) is 0 Å². The zero-order valence-corrected chi connectivity index (χ0v) is 15.3. The van der Waals surface area contributed by atoms with E-state index in [1.165, 1.54) is 0 Å². The number of nitrogens with one attached hydrogen (secondary N) is 1. The average Bonchev–Trinajstić information content (AvgIpc) is 3.00. The largest absolute Gasteiger partial charge is 0.493 e. The Balaban J connectivity index is 1.34. The third-order valence-corrected chi connectivity index (χ3v) is 5.32. The Morgan fingerprint density at radius 2 is 1.96 bits per heavy atom. The van der Waals surface area contributed by atoms with E-state index in [2.05, 4.69) is 5.32 Å². The maximum Gasteiger partial charge on any atom is 0.227 e.